The fourth-order valence-electron chi connectivity index (χ4n) is 3.23. The molecule has 1 aromatic heterocycles. The largest absolute Gasteiger partial charge is 0.419 e. The lowest BCUT2D eigenvalue weighted by Crippen LogP contribution is -2.42. The Morgan fingerprint density at radius 3 is 2.70 bits per heavy atom. The van der Waals surface area contributed by atoms with Gasteiger partial charge in [-0.25, -0.2) is 4.79 Å². The van der Waals surface area contributed by atoms with Gasteiger partial charge in [0.1, 0.15) is 0 Å². The van der Waals surface area contributed by atoms with Crippen LogP contribution in [0, 0.1) is 0 Å². The highest BCUT2D eigenvalue weighted by Crippen LogP contribution is 2.26. The van der Waals surface area contributed by atoms with E-state index in [0.29, 0.717) is 23.9 Å². The van der Waals surface area contributed by atoms with Crippen molar-refractivity contribution in [1.82, 2.24) is 9.88 Å². The minimum absolute atomic E-state index is 0.222. The number of para-hydroxylation sites is 1. The van der Waals surface area contributed by atoms with Gasteiger partial charge in [-0.1, -0.05) is 31.7 Å². The summed E-state index contributed by atoms with van der Waals surface area (Å²) in [7, 11) is 1.60. The molecule has 3 rings (SSSR count). The fraction of sp³-hybridized carbons (Fsp3) is 0.529. The highest BCUT2D eigenvalue weighted by atomic mass is 16.4. The molecule has 1 fully saturated rings. The molecule has 6 heteroatoms. The standard InChI is InChI=1S/C17H22N2O4/c1-19-13-8-6-7-12(14(13)23-16(19)21)15(20)18-11-17(22)9-4-2-3-5-10-17/h6-8,22H,2-5,9-11H2,1H3,(H,18,20). The number of benzene rings is 1. The molecule has 0 spiro atoms. The van der Waals surface area contributed by atoms with Gasteiger partial charge in [0.2, 0.25) is 0 Å². The topological polar surface area (TPSA) is 84.5 Å². The molecule has 1 amide bonds. The van der Waals surface area contributed by atoms with E-state index in [9.17, 15) is 14.7 Å². The first-order valence-corrected chi connectivity index (χ1v) is 8.09. The molecule has 0 saturated heterocycles. The van der Waals surface area contributed by atoms with Crippen molar-refractivity contribution in [3.8, 4) is 0 Å². The molecule has 1 aliphatic carbocycles. The van der Waals surface area contributed by atoms with Crippen molar-refractivity contribution in [2.75, 3.05) is 6.54 Å². The number of aromatic nitrogens is 1. The van der Waals surface area contributed by atoms with Gasteiger partial charge in [-0.3, -0.25) is 9.36 Å². The molecule has 124 valence electrons. The summed E-state index contributed by atoms with van der Waals surface area (Å²) in [6.07, 6.45) is 5.64. The maximum atomic E-state index is 12.5. The number of oxazole rings is 1. The lowest BCUT2D eigenvalue weighted by Gasteiger charge is -2.26. The van der Waals surface area contributed by atoms with E-state index in [2.05, 4.69) is 5.32 Å². The van der Waals surface area contributed by atoms with Crippen molar-refractivity contribution in [3.63, 3.8) is 0 Å². The average molecular weight is 318 g/mol. The van der Waals surface area contributed by atoms with Crippen molar-refractivity contribution in [3.05, 3.63) is 34.3 Å². The van der Waals surface area contributed by atoms with Crippen LogP contribution in [0.4, 0.5) is 0 Å². The van der Waals surface area contributed by atoms with E-state index in [1.54, 1.807) is 25.2 Å². The Labute approximate surface area is 134 Å². The zero-order valence-corrected chi connectivity index (χ0v) is 13.3. The van der Waals surface area contributed by atoms with Crippen molar-refractivity contribution in [2.45, 2.75) is 44.1 Å². The number of carbonyl (C=O) groups excluding carboxylic acids is 1. The van der Waals surface area contributed by atoms with Crippen LogP contribution in [0.1, 0.15) is 48.9 Å². The quantitative estimate of drug-likeness (QED) is 0.847. The second-order valence-corrected chi connectivity index (χ2v) is 6.40. The van der Waals surface area contributed by atoms with Gasteiger partial charge in [0, 0.05) is 13.6 Å². The lowest BCUT2D eigenvalue weighted by atomic mass is 9.94. The molecule has 1 saturated carbocycles. The Bertz CT molecular complexity index is 766. The van der Waals surface area contributed by atoms with E-state index < -0.39 is 11.4 Å². The first-order valence-electron chi connectivity index (χ1n) is 8.09. The van der Waals surface area contributed by atoms with Gasteiger partial charge in [0.05, 0.1) is 16.7 Å². The SMILES string of the molecule is Cn1c(=O)oc2c(C(=O)NCC3(O)CCCCCC3)cccc21. The molecule has 23 heavy (non-hydrogen) atoms. The van der Waals surface area contributed by atoms with Crippen LogP contribution >= 0.6 is 0 Å². The summed E-state index contributed by atoms with van der Waals surface area (Å²) < 4.78 is 6.54. The Balaban J connectivity index is 1.78. The summed E-state index contributed by atoms with van der Waals surface area (Å²) in [4.78, 5) is 24.1. The Morgan fingerprint density at radius 1 is 1.30 bits per heavy atom. The number of nitrogens with one attached hydrogen (secondary N) is 1. The van der Waals surface area contributed by atoms with Crippen LogP contribution in [0.5, 0.6) is 0 Å². The number of carbonyl (C=O) groups is 1. The molecule has 1 aromatic carbocycles. The van der Waals surface area contributed by atoms with E-state index in [-0.39, 0.29) is 18.0 Å². The zero-order valence-electron chi connectivity index (χ0n) is 13.3. The van der Waals surface area contributed by atoms with Crippen LogP contribution in [0.2, 0.25) is 0 Å². The summed E-state index contributed by atoms with van der Waals surface area (Å²) in [6.45, 7) is 0.222. The second kappa shape index (κ2) is 6.20. The third kappa shape index (κ3) is 3.17. The van der Waals surface area contributed by atoms with Crippen LogP contribution in [0.3, 0.4) is 0 Å². The molecular weight excluding hydrogens is 296 g/mol. The molecule has 1 aliphatic rings. The van der Waals surface area contributed by atoms with E-state index >= 15 is 0 Å². The van der Waals surface area contributed by atoms with E-state index in [0.717, 1.165) is 25.7 Å². The fourth-order valence-corrected chi connectivity index (χ4v) is 3.23. The highest BCUT2D eigenvalue weighted by molar-refractivity contribution is 6.04. The third-order valence-corrected chi connectivity index (χ3v) is 4.68. The van der Waals surface area contributed by atoms with Gasteiger partial charge in [0.25, 0.3) is 5.91 Å². The summed E-state index contributed by atoms with van der Waals surface area (Å²) in [5.41, 5.74) is 0.344. The second-order valence-electron chi connectivity index (χ2n) is 6.40. The van der Waals surface area contributed by atoms with Crippen LogP contribution in [0.25, 0.3) is 11.1 Å². The summed E-state index contributed by atoms with van der Waals surface area (Å²) >= 11 is 0. The molecule has 0 bridgehead atoms. The Hall–Kier alpha value is -2.08. The average Bonchev–Trinajstić information content (AvgIpc) is 2.72. The lowest BCUT2D eigenvalue weighted by molar-refractivity contribution is 0.0246. The maximum Gasteiger partial charge on any atom is 0.419 e. The maximum absolute atomic E-state index is 12.5. The Morgan fingerprint density at radius 2 is 2.00 bits per heavy atom. The predicted molar refractivity (Wildman–Crippen MR) is 86.4 cm³/mol. The first kappa shape index (κ1) is 15.8. The first-order chi connectivity index (χ1) is 11.0. The number of rotatable bonds is 3. The van der Waals surface area contributed by atoms with Gasteiger partial charge in [-0.05, 0) is 25.0 Å². The van der Waals surface area contributed by atoms with Crippen LogP contribution in [-0.2, 0) is 7.05 Å². The molecular formula is C17H22N2O4. The van der Waals surface area contributed by atoms with Gasteiger partial charge in [-0.15, -0.1) is 0 Å². The number of aryl methyl sites for hydroxylation is 1. The number of fused-ring (bicyclic) bond motifs is 1. The third-order valence-electron chi connectivity index (χ3n) is 4.68. The number of hydrogen-bond acceptors (Lipinski definition) is 4. The number of aliphatic hydroxyl groups is 1. The van der Waals surface area contributed by atoms with E-state index in [1.165, 1.54) is 4.57 Å². The summed E-state index contributed by atoms with van der Waals surface area (Å²) in [5, 5.41) is 13.4. The molecule has 2 aromatic rings. The number of hydrogen-bond donors (Lipinski definition) is 2. The van der Waals surface area contributed by atoms with E-state index in [4.69, 9.17) is 4.42 Å². The molecule has 1 heterocycles. The summed E-state index contributed by atoms with van der Waals surface area (Å²) in [5.74, 6) is -0.828. The summed E-state index contributed by atoms with van der Waals surface area (Å²) in [6, 6.07) is 5.07. The molecule has 2 N–H and O–H groups in total. The molecule has 0 unspecified atom stereocenters. The van der Waals surface area contributed by atoms with Crippen molar-refractivity contribution in [2.24, 2.45) is 7.05 Å². The Kier molecular flexibility index (Phi) is 4.26. The number of nitrogens with zero attached hydrogens (tertiary/aromatic N) is 1. The predicted octanol–water partition coefficient (Wildman–Crippen LogP) is 1.95. The van der Waals surface area contributed by atoms with Crippen molar-refractivity contribution < 1.29 is 14.3 Å². The van der Waals surface area contributed by atoms with Crippen molar-refractivity contribution >= 4 is 17.0 Å². The molecule has 6 nitrogen and oxygen atoms in total. The van der Waals surface area contributed by atoms with Gasteiger partial charge in [-0.2, -0.15) is 0 Å². The molecule has 0 atom stereocenters. The van der Waals surface area contributed by atoms with Gasteiger partial charge in [0.15, 0.2) is 5.58 Å². The minimum atomic E-state index is -0.836. The van der Waals surface area contributed by atoms with E-state index in [1.807, 2.05) is 0 Å². The zero-order chi connectivity index (χ0) is 16.4. The monoisotopic (exact) mass is 318 g/mol. The van der Waals surface area contributed by atoms with Crippen LogP contribution in [-0.4, -0.2) is 27.7 Å². The normalized spacial score (nSPS) is 17.8. The molecule has 0 aliphatic heterocycles. The number of amides is 1. The molecule has 0 radical (unpaired) electrons. The van der Waals surface area contributed by atoms with Crippen LogP contribution < -0.4 is 11.1 Å². The smallest absolute Gasteiger partial charge is 0.407 e. The van der Waals surface area contributed by atoms with Gasteiger partial charge < -0.3 is 14.8 Å². The van der Waals surface area contributed by atoms with Gasteiger partial charge >= 0.3 is 5.76 Å². The minimum Gasteiger partial charge on any atom is -0.407 e. The van der Waals surface area contributed by atoms with Crippen molar-refractivity contribution in [1.29, 1.82) is 0 Å². The van der Waals surface area contributed by atoms with Crippen LogP contribution in [0.15, 0.2) is 27.4 Å². The highest BCUT2D eigenvalue weighted by Gasteiger charge is 2.29.